The number of aromatic hydroxyl groups is 1. The molecule has 1 aliphatic heterocycles. The number of rotatable bonds is 4. The van der Waals surface area contributed by atoms with Gasteiger partial charge in [0.25, 0.3) is 0 Å². The largest absolute Gasteiger partial charge is 0.507 e. The molecule has 0 spiro atoms. The fourth-order valence-corrected chi connectivity index (χ4v) is 4.90. The van der Waals surface area contributed by atoms with Gasteiger partial charge in [0, 0.05) is 22.6 Å². The quantitative estimate of drug-likeness (QED) is 0.479. The monoisotopic (exact) mass is 491 g/mol. The summed E-state index contributed by atoms with van der Waals surface area (Å²) in [4.78, 5) is 17.5. The number of hydrogen-bond acceptors (Lipinski definition) is 7. The molecule has 0 aliphatic carbocycles. The van der Waals surface area contributed by atoms with Crippen LogP contribution in [-0.4, -0.2) is 25.0 Å². The highest BCUT2D eigenvalue weighted by Crippen LogP contribution is 2.48. The zero-order valence-corrected chi connectivity index (χ0v) is 19.2. The molecule has 10 heteroatoms. The molecule has 1 N–H and O–H groups in total. The number of nitrogens with zero attached hydrogens (tertiary/aromatic N) is 1. The van der Waals surface area contributed by atoms with Gasteiger partial charge in [0.15, 0.2) is 11.5 Å². The minimum absolute atomic E-state index is 0.0529. The van der Waals surface area contributed by atoms with Crippen LogP contribution >= 0.6 is 11.8 Å². The van der Waals surface area contributed by atoms with Crippen molar-refractivity contribution in [2.24, 2.45) is 4.99 Å². The Morgan fingerprint density at radius 2 is 1.82 bits per heavy atom. The molecule has 6 nitrogen and oxygen atoms in total. The molecule has 0 bridgehead atoms. The zero-order valence-electron chi connectivity index (χ0n) is 18.4. The minimum atomic E-state index is -4.56. The molecule has 0 amide bonds. The van der Waals surface area contributed by atoms with Crippen LogP contribution in [0.3, 0.4) is 0 Å². The number of ether oxygens (including phenoxy) is 2. The number of halogens is 3. The molecule has 34 heavy (non-hydrogen) atoms. The third kappa shape index (κ3) is 4.63. The first-order valence-corrected chi connectivity index (χ1v) is 11.0. The fourth-order valence-electron chi connectivity index (χ4n) is 3.70. The van der Waals surface area contributed by atoms with E-state index >= 15 is 0 Å². The smallest absolute Gasteiger partial charge is 0.416 e. The van der Waals surface area contributed by atoms with Crippen molar-refractivity contribution in [3.05, 3.63) is 75.3 Å². The predicted octanol–water partition coefficient (Wildman–Crippen LogP) is 6.05. The van der Waals surface area contributed by atoms with Crippen LogP contribution in [0.4, 0.5) is 18.9 Å². The normalized spacial score (nSPS) is 15.8. The van der Waals surface area contributed by atoms with Crippen molar-refractivity contribution in [1.82, 2.24) is 0 Å². The van der Waals surface area contributed by atoms with Gasteiger partial charge < -0.3 is 19.0 Å². The topological polar surface area (TPSA) is 81.3 Å². The van der Waals surface area contributed by atoms with Crippen LogP contribution in [0.25, 0.3) is 0 Å². The van der Waals surface area contributed by atoms with Gasteiger partial charge in [0.2, 0.25) is 0 Å². The molecule has 0 saturated heterocycles. The molecule has 1 atom stereocenters. The summed E-state index contributed by atoms with van der Waals surface area (Å²) in [6.45, 7) is 1.51. The average molecular weight is 491 g/mol. The second-order valence-electron chi connectivity index (χ2n) is 7.57. The van der Waals surface area contributed by atoms with Gasteiger partial charge in [-0.15, -0.1) is 11.8 Å². The van der Waals surface area contributed by atoms with Crippen LogP contribution in [0.15, 0.2) is 61.6 Å². The van der Waals surface area contributed by atoms with Gasteiger partial charge in [-0.25, -0.2) is 4.79 Å². The molecule has 2 aromatic carbocycles. The number of alkyl halides is 3. The number of hydrogen-bond donors (Lipinski definition) is 1. The van der Waals surface area contributed by atoms with E-state index in [2.05, 4.69) is 4.99 Å². The van der Waals surface area contributed by atoms with Crippen LogP contribution in [0, 0.1) is 6.92 Å². The first-order chi connectivity index (χ1) is 16.1. The van der Waals surface area contributed by atoms with Crippen molar-refractivity contribution >= 4 is 23.2 Å². The van der Waals surface area contributed by atoms with E-state index in [1.165, 1.54) is 45.0 Å². The van der Waals surface area contributed by atoms with Crippen molar-refractivity contribution in [2.75, 3.05) is 14.2 Å². The minimum Gasteiger partial charge on any atom is -0.507 e. The van der Waals surface area contributed by atoms with E-state index in [1.54, 1.807) is 12.1 Å². The third-order valence-corrected chi connectivity index (χ3v) is 6.63. The Hall–Kier alpha value is -3.40. The molecule has 0 saturated carbocycles. The maximum atomic E-state index is 13.4. The van der Waals surface area contributed by atoms with E-state index in [9.17, 15) is 23.1 Å². The van der Waals surface area contributed by atoms with Crippen LogP contribution in [0.1, 0.15) is 34.1 Å². The maximum absolute atomic E-state index is 13.4. The van der Waals surface area contributed by atoms with E-state index < -0.39 is 17.4 Å². The molecule has 4 rings (SSSR count). The lowest BCUT2D eigenvalue weighted by atomic mass is 10.0. The molecule has 3 aromatic rings. The van der Waals surface area contributed by atoms with Crippen molar-refractivity contribution in [3.8, 4) is 17.2 Å². The number of methoxy groups -OCH3 is 2. The van der Waals surface area contributed by atoms with E-state index in [1.807, 2.05) is 6.07 Å². The Balaban J connectivity index is 1.90. The highest BCUT2D eigenvalue weighted by molar-refractivity contribution is 7.99. The number of aliphatic imine (C=N–C) groups is 1. The van der Waals surface area contributed by atoms with Crippen molar-refractivity contribution < 1.29 is 32.2 Å². The lowest BCUT2D eigenvalue weighted by Crippen LogP contribution is -2.17. The lowest BCUT2D eigenvalue weighted by Gasteiger charge is -2.18. The Bertz CT molecular complexity index is 1330. The Morgan fingerprint density at radius 3 is 2.47 bits per heavy atom. The number of thioether (sulfide) groups is 1. The summed E-state index contributed by atoms with van der Waals surface area (Å²) >= 11 is 1.30. The molecule has 2 heterocycles. The maximum Gasteiger partial charge on any atom is 0.416 e. The summed E-state index contributed by atoms with van der Waals surface area (Å²) in [6, 6.07) is 9.86. The summed E-state index contributed by atoms with van der Waals surface area (Å²) in [5.74, 6) is 0.851. The Labute approximate surface area is 197 Å². The van der Waals surface area contributed by atoms with Gasteiger partial charge in [-0.05, 0) is 42.8 Å². The highest BCUT2D eigenvalue weighted by Gasteiger charge is 2.33. The van der Waals surface area contributed by atoms with Crippen LogP contribution < -0.4 is 15.1 Å². The van der Waals surface area contributed by atoms with Gasteiger partial charge in [0.05, 0.1) is 31.2 Å². The van der Waals surface area contributed by atoms with Gasteiger partial charge in [-0.3, -0.25) is 4.99 Å². The lowest BCUT2D eigenvalue weighted by molar-refractivity contribution is -0.137. The molecule has 0 fully saturated rings. The van der Waals surface area contributed by atoms with E-state index in [0.29, 0.717) is 16.4 Å². The molecule has 0 unspecified atom stereocenters. The summed E-state index contributed by atoms with van der Waals surface area (Å²) in [6.07, 6.45) is -4.42. The number of benzene rings is 2. The summed E-state index contributed by atoms with van der Waals surface area (Å²) < 4.78 is 55.9. The molecule has 1 aliphatic rings. The first kappa shape index (κ1) is 23.7. The molecule has 178 valence electrons. The van der Waals surface area contributed by atoms with Gasteiger partial charge in [0.1, 0.15) is 17.1 Å². The standard InChI is InChI=1S/C24H20F3NO5S/c1-12-8-17(29)22(23(30)33-12)16-11-21(13-4-6-18(31-2)19(9-13)32-3)34-20-7-5-14(24(25,26)27)10-15(20)28-16/h4-10,21,29H,11H2,1-3H3/t21-/m1/s1. The van der Waals surface area contributed by atoms with Gasteiger partial charge in [-0.2, -0.15) is 13.2 Å². The number of aryl methyl sites for hydroxylation is 1. The molecule has 0 radical (unpaired) electrons. The molecule has 1 aromatic heterocycles. The summed E-state index contributed by atoms with van der Waals surface area (Å²) in [7, 11) is 3.01. The Kier molecular flexibility index (Phi) is 6.35. The summed E-state index contributed by atoms with van der Waals surface area (Å²) in [5.41, 5.74) is -0.905. The van der Waals surface area contributed by atoms with E-state index in [0.717, 1.165) is 17.7 Å². The SMILES string of the molecule is COc1ccc([C@H]2CC(c3c(O)cc(C)oc3=O)=Nc3cc(C(F)(F)F)ccc3S2)cc1OC. The van der Waals surface area contributed by atoms with Crippen LogP contribution in [-0.2, 0) is 6.18 Å². The second kappa shape index (κ2) is 9.09. The van der Waals surface area contributed by atoms with Crippen molar-refractivity contribution in [2.45, 2.75) is 29.7 Å². The average Bonchev–Trinajstić information content (AvgIpc) is 2.96. The van der Waals surface area contributed by atoms with E-state index in [-0.39, 0.29) is 40.1 Å². The fraction of sp³-hybridized carbons (Fsp3) is 0.250. The van der Waals surface area contributed by atoms with E-state index in [4.69, 9.17) is 13.9 Å². The summed E-state index contributed by atoms with van der Waals surface area (Å²) in [5, 5.41) is 10.1. The van der Waals surface area contributed by atoms with Crippen molar-refractivity contribution in [1.29, 1.82) is 0 Å². The molecular weight excluding hydrogens is 471 g/mol. The van der Waals surface area contributed by atoms with Gasteiger partial charge >= 0.3 is 11.8 Å². The van der Waals surface area contributed by atoms with Crippen LogP contribution in [0.2, 0.25) is 0 Å². The first-order valence-electron chi connectivity index (χ1n) is 10.1. The third-order valence-electron chi connectivity index (χ3n) is 5.31. The Morgan fingerprint density at radius 1 is 1.09 bits per heavy atom. The molecular formula is C24H20F3NO5S. The number of fused-ring (bicyclic) bond motifs is 1. The highest BCUT2D eigenvalue weighted by atomic mass is 32.2. The predicted molar refractivity (Wildman–Crippen MR) is 122 cm³/mol. The van der Waals surface area contributed by atoms with Crippen molar-refractivity contribution in [3.63, 3.8) is 0 Å². The van der Waals surface area contributed by atoms with Gasteiger partial charge in [-0.1, -0.05) is 6.07 Å². The van der Waals surface area contributed by atoms with Crippen LogP contribution in [0.5, 0.6) is 17.2 Å². The second-order valence-corrected chi connectivity index (χ2v) is 8.81. The zero-order chi connectivity index (χ0) is 24.6.